The third kappa shape index (κ3) is 3.46. The van der Waals surface area contributed by atoms with Gasteiger partial charge in [0.1, 0.15) is 0 Å². The lowest BCUT2D eigenvalue weighted by Gasteiger charge is -2.18. The highest BCUT2D eigenvalue weighted by Gasteiger charge is 2.11. The van der Waals surface area contributed by atoms with Crippen molar-refractivity contribution in [2.45, 2.75) is 19.4 Å². The molecule has 0 unspecified atom stereocenters. The van der Waals surface area contributed by atoms with Crippen molar-refractivity contribution in [2.24, 2.45) is 0 Å². The standard InChI is InChI=1S/C11H14N2O/c1-11(2,14)8-13-10-5-3-4-9(6-10)7-12/h3-6,13-14H,8H2,1-2H3. The zero-order valence-corrected chi connectivity index (χ0v) is 8.41. The average Bonchev–Trinajstić information content (AvgIpc) is 2.14. The van der Waals surface area contributed by atoms with E-state index in [0.29, 0.717) is 12.1 Å². The van der Waals surface area contributed by atoms with Crippen molar-refractivity contribution in [2.75, 3.05) is 11.9 Å². The maximum absolute atomic E-state index is 9.48. The van der Waals surface area contributed by atoms with Gasteiger partial charge >= 0.3 is 0 Å². The summed E-state index contributed by atoms with van der Waals surface area (Å²) in [7, 11) is 0. The zero-order valence-electron chi connectivity index (χ0n) is 8.41. The smallest absolute Gasteiger partial charge is 0.0992 e. The molecule has 3 nitrogen and oxygen atoms in total. The molecular weight excluding hydrogens is 176 g/mol. The first-order valence-corrected chi connectivity index (χ1v) is 4.48. The third-order valence-electron chi connectivity index (χ3n) is 1.72. The van der Waals surface area contributed by atoms with E-state index in [1.165, 1.54) is 0 Å². The first-order chi connectivity index (χ1) is 6.51. The number of nitrogens with zero attached hydrogens (tertiary/aromatic N) is 1. The Bertz CT molecular complexity index is 347. The molecule has 1 aromatic rings. The number of nitriles is 1. The molecule has 0 aliphatic heterocycles. The van der Waals surface area contributed by atoms with E-state index in [2.05, 4.69) is 11.4 Å². The summed E-state index contributed by atoms with van der Waals surface area (Å²) >= 11 is 0. The third-order valence-corrected chi connectivity index (χ3v) is 1.72. The number of anilines is 1. The van der Waals surface area contributed by atoms with Crippen LogP contribution in [-0.2, 0) is 0 Å². The largest absolute Gasteiger partial charge is 0.389 e. The molecule has 0 heterocycles. The Morgan fingerprint density at radius 3 is 2.79 bits per heavy atom. The van der Waals surface area contributed by atoms with E-state index in [1.807, 2.05) is 12.1 Å². The van der Waals surface area contributed by atoms with Crippen LogP contribution >= 0.6 is 0 Å². The Hall–Kier alpha value is -1.53. The molecule has 1 aromatic carbocycles. The molecule has 0 bridgehead atoms. The van der Waals surface area contributed by atoms with E-state index in [1.54, 1.807) is 26.0 Å². The van der Waals surface area contributed by atoms with Crippen LogP contribution < -0.4 is 5.32 Å². The van der Waals surface area contributed by atoms with E-state index in [9.17, 15) is 5.11 Å². The molecule has 1 rings (SSSR count). The fourth-order valence-electron chi connectivity index (χ4n) is 1.02. The van der Waals surface area contributed by atoms with Crippen molar-refractivity contribution in [1.82, 2.24) is 0 Å². The van der Waals surface area contributed by atoms with E-state index in [-0.39, 0.29) is 0 Å². The van der Waals surface area contributed by atoms with Crippen molar-refractivity contribution < 1.29 is 5.11 Å². The van der Waals surface area contributed by atoms with Crippen molar-refractivity contribution in [3.05, 3.63) is 29.8 Å². The van der Waals surface area contributed by atoms with Gasteiger partial charge in [-0.15, -0.1) is 0 Å². The van der Waals surface area contributed by atoms with E-state index in [4.69, 9.17) is 5.26 Å². The molecule has 0 atom stereocenters. The van der Waals surface area contributed by atoms with Gasteiger partial charge in [0, 0.05) is 12.2 Å². The van der Waals surface area contributed by atoms with E-state index < -0.39 is 5.60 Å². The van der Waals surface area contributed by atoms with Crippen molar-refractivity contribution >= 4 is 5.69 Å². The molecule has 0 aliphatic rings. The lowest BCUT2D eigenvalue weighted by molar-refractivity contribution is 0.0945. The number of aliphatic hydroxyl groups is 1. The van der Waals surface area contributed by atoms with Crippen LogP contribution in [0.1, 0.15) is 19.4 Å². The first kappa shape index (κ1) is 10.6. The maximum atomic E-state index is 9.48. The van der Waals surface area contributed by atoms with Gasteiger partial charge in [-0.05, 0) is 32.0 Å². The van der Waals surface area contributed by atoms with Gasteiger partial charge in [-0.1, -0.05) is 6.07 Å². The predicted molar refractivity (Wildman–Crippen MR) is 55.9 cm³/mol. The van der Waals surface area contributed by atoms with Crippen LogP contribution in [0, 0.1) is 11.3 Å². The van der Waals surface area contributed by atoms with Crippen LogP contribution in [0.25, 0.3) is 0 Å². The van der Waals surface area contributed by atoms with Gasteiger partial charge in [0.05, 0.1) is 17.2 Å². The zero-order chi connectivity index (χ0) is 10.6. The SMILES string of the molecule is CC(C)(O)CNc1cccc(C#N)c1. The van der Waals surface area contributed by atoms with Crippen LogP contribution in [-0.4, -0.2) is 17.3 Å². The molecule has 0 radical (unpaired) electrons. The highest BCUT2D eigenvalue weighted by atomic mass is 16.3. The summed E-state index contributed by atoms with van der Waals surface area (Å²) in [6, 6.07) is 9.24. The van der Waals surface area contributed by atoms with Gasteiger partial charge in [-0.3, -0.25) is 0 Å². The molecular formula is C11H14N2O. The second kappa shape index (κ2) is 4.12. The Balaban J connectivity index is 2.65. The summed E-state index contributed by atoms with van der Waals surface area (Å²) in [6.07, 6.45) is 0. The minimum absolute atomic E-state index is 0.460. The Kier molecular flexibility index (Phi) is 3.10. The fraction of sp³-hybridized carbons (Fsp3) is 0.364. The number of hydrogen-bond acceptors (Lipinski definition) is 3. The van der Waals surface area contributed by atoms with Crippen LogP contribution in [0.15, 0.2) is 24.3 Å². The van der Waals surface area contributed by atoms with Crippen molar-refractivity contribution in [3.63, 3.8) is 0 Å². The molecule has 3 heteroatoms. The highest BCUT2D eigenvalue weighted by Crippen LogP contribution is 2.11. The summed E-state index contributed by atoms with van der Waals surface area (Å²) in [5.41, 5.74) is 0.722. The Morgan fingerprint density at radius 1 is 1.50 bits per heavy atom. The normalized spacial score (nSPS) is 10.7. The highest BCUT2D eigenvalue weighted by molar-refractivity contribution is 5.49. The van der Waals surface area contributed by atoms with Gasteiger partial charge in [0.25, 0.3) is 0 Å². The van der Waals surface area contributed by atoms with E-state index >= 15 is 0 Å². The number of benzene rings is 1. The van der Waals surface area contributed by atoms with Crippen LogP contribution in [0.4, 0.5) is 5.69 Å². The topological polar surface area (TPSA) is 56.0 Å². The van der Waals surface area contributed by atoms with Crippen molar-refractivity contribution in [3.8, 4) is 6.07 Å². The molecule has 0 aliphatic carbocycles. The minimum atomic E-state index is -0.747. The Morgan fingerprint density at radius 2 is 2.21 bits per heavy atom. The second-order valence-electron chi connectivity index (χ2n) is 3.86. The number of hydrogen-bond donors (Lipinski definition) is 2. The maximum Gasteiger partial charge on any atom is 0.0992 e. The van der Waals surface area contributed by atoms with Crippen LogP contribution in [0.3, 0.4) is 0 Å². The molecule has 0 fully saturated rings. The summed E-state index contributed by atoms with van der Waals surface area (Å²) in [4.78, 5) is 0. The summed E-state index contributed by atoms with van der Waals surface area (Å²) in [5.74, 6) is 0. The van der Waals surface area contributed by atoms with Crippen molar-refractivity contribution in [1.29, 1.82) is 5.26 Å². The van der Waals surface area contributed by atoms with Gasteiger partial charge < -0.3 is 10.4 Å². The Labute approximate surface area is 84.0 Å². The molecule has 74 valence electrons. The van der Waals surface area contributed by atoms with Gasteiger partial charge in [-0.25, -0.2) is 0 Å². The van der Waals surface area contributed by atoms with Gasteiger partial charge in [0.2, 0.25) is 0 Å². The van der Waals surface area contributed by atoms with E-state index in [0.717, 1.165) is 5.69 Å². The summed E-state index contributed by atoms with van der Waals surface area (Å²) in [6.45, 7) is 3.92. The van der Waals surface area contributed by atoms with Crippen LogP contribution in [0.2, 0.25) is 0 Å². The quantitative estimate of drug-likeness (QED) is 0.763. The minimum Gasteiger partial charge on any atom is -0.389 e. The number of nitrogens with one attached hydrogen (secondary N) is 1. The van der Waals surface area contributed by atoms with Gasteiger partial charge in [0.15, 0.2) is 0 Å². The molecule has 0 amide bonds. The van der Waals surface area contributed by atoms with Gasteiger partial charge in [-0.2, -0.15) is 5.26 Å². The molecule has 2 N–H and O–H groups in total. The molecule has 0 aromatic heterocycles. The van der Waals surface area contributed by atoms with Crippen LogP contribution in [0.5, 0.6) is 0 Å². The summed E-state index contributed by atoms with van der Waals surface area (Å²) < 4.78 is 0. The fourth-order valence-corrected chi connectivity index (χ4v) is 1.02. The lowest BCUT2D eigenvalue weighted by Crippen LogP contribution is -2.29. The molecule has 0 spiro atoms. The monoisotopic (exact) mass is 190 g/mol. The average molecular weight is 190 g/mol. The molecule has 0 saturated carbocycles. The number of rotatable bonds is 3. The predicted octanol–water partition coefficient (Wildman–Crippen LogP) is 1.74. The summed E-state index contributed by atoms with van der Waals surface area (Å²) in [5, 5.41) is 21.2. The second-order valence-corrected chi connectivity index (χ2v) is 3.86. The molecule has 14 heavy (non-hydrogen) atoms. The first-order valence-electron chi connectivity index (χ1n) is 4.48. The molecule has 0 saturated heterocycles. The lowest BCUT2D eigenvalue weighted by atomic mass is 10.1.